The molecule has 2 N–H and O–H groups in total. The molecule has 158 valence electrons. The van der Waals surface area contributed by atoms with E-state index in [9.17, 15) is 19.5 Å². The molecule has 0 bridgehead atoms. The molecule has 0 spiro atoms. The molecule has 2 aliphatic rings. The lowest BCUT2D eigenvalue weighted by molar-refractivity contribution is -0.136. The highest BCUT2D eigenvalue weighted by molar-refractivity contribution is 6.33. The number of amides is 1. The quantitative estimate of drug-likeness (QED) is 0.637. The average Bonchev–Trinajstić information content (AvgIpc) is 3.06. The van der Waals surface area contributed by atoms with Gasteiger partial charge in [-0.1, -0.05) is 18.2 Å². The number of benzene rings is 2. The SMILES string of the molecule is CCOc1ccc(CN2C3=CN=CC(=O)C3c3c2ccc(CC(=O)O)c3NC=O)cc1. The Balaban J connectivity index is 1.79. The fraction of sp³-hybridized carbons (Fsp3) is 0.217. The fourth-order valence-electron chi connectivity index (χ4n) is 4.07. The van der Waals surface area contributed by atoms with Crippen LogP contribution in [0.1, 0.15) is 29.5 Å². The van der Waals surface area contributed by atoms with Crippen molar-refractivity contribution in [2.45, 2.75) is 25.8 Å². The van der Waals surface area contributed by atoms with E-state index in [2.05, 4.69) is 10.3 Å². The predicted octanol–water partition coefficient (Wildman–Crippen LogP) is 2.88. The van der Waals surface area contributed by atoms with Gasteiger partial charge in [-0.05, 0) is 36.2 Å². The van der Waals surface area contributed by atoms with Crippen molar-refractivity contribution in [3.05, 3.63) is 65.0 Å². The zero-order valence-electron chi connectivity index (χ0n) is 16.9. The van der Waals surface area contributed by atoms with Crippen LogP contribution in [-0.2, 0) is 27.3 Å². The second kappa shape index (κ2) is 8.43. The number of hydrogen-bond acceptors (Lipinski definition) is 6. The van der Waals surface area contributed by atoms with Gasteiger partial charge in [0.1, 0.15) is 5.75 Å². The number of carbonyl (C=O) groups is 3. The number of fused-ring (bicyclic) bond motifs is 3. The molecule has 0 saturated heterocycles. The Morgan fingerprint density at radius 3 is 2.71 bits per heavy atom. The van der Waals surface area contributed by atoms with Crippen LogP contribution >= 0.6 is 0 Å². The van der Waals surface area contributed by atoms with Crippen LogP contribution < -0.4 is 15.0 Å². The number of ether oxygens (including phenoxy) is 1. The van der Waals surface area contributed by atoms with Crippen molar-refractivity contribution in [1.82, 2.24) is 0 Å². The highest BCUT2D eigenvalue weighted by Crippen LogP contribution is 2.50. The van der Waals surface area contributed by atoms with Gasteiger partial charge in [0, 0.05) is 24.0 Å². The summed E-state index contributed by atoms with van der Waals surface area (Å²) in [6.45, 7) is 2.98. The largest absolute Gasteiger partial charge is 0.494 e. The van der Waals surface area contributed by atoms with E-state index in [1.165, 1.54) is 6.21 Å². The number of allylic oxidation sites excluding steroid dienone is 1. The molecule has 0 aliphatic carbocycles. The Labute approximate surface area is 178 Å². The number of carboxylic acids is 1. The lowest BCUT2D eigenvalue weighted by Crippen LogP contribution is -2.24. The molecule has 0 aromatic heterocycles. The monoisotopic (exact) mass is 419 g/mol. The summed E-state index contributed by atoms with van der Waals surface area (Å²) in [5, 5.41) is 11.9. The molecule has 0 radical (unpaired) electrons. The number of hydrogen-bond donors (Lipinski definition) is 2. The standard InChI is InChI=1S/C23H21N3O5/c1-2-31-16-6-3-14(4-7-16)12-26-17-8-5-15(9-20(29)30)23(25-13-27)22(17)21-18(26)10-24-11-19(21)28/h3-8,10-11,13,21H,2,9,12H2,1H3,(H,25,27)(H,29,30). The topological polar surface area (TPSA) is 108 Å². The fourth-order valence-corrected chi connectivity index (χ4v) is 4.07. The van der Waals surface area contributed by atoms with Crippen molar-refractivity contribution in [2.75, 3.05) is 16.8 Å². The van der Waals surface area contributed by atoms with Crippen LogP contribution in [0.25, 0.3) is 0 Å². The number of carbonyl (C=O) groups excluding carboxylic acids is 2. The number of aliphatic carboxylic acids is 1. The number of carboxylic acid groups (broad SMARTS) is 1. The highest BCUT2D eigenvalue weighted by Gasteiger charge is 2.41. The number of nitrogens with zero attached hydrogens (tertiary/aromatic N) is 2. The predicted molar refractivity (Wildman–Crippen MR) is 116 cm³/mol. The number of rotatable bonds is 8. The van der Waals surface area contributed by atoms with Crippen molar-refractivity contribution < 1.29 is 24.2 Å². The van der Waals surface area contributed by atoms with Crippen LogP contribution in [0, 0.1) is 0 Å². The first-order chi connectivity index (χ1) is 15.0. The Kier molecular flexibility index (Phi) is 5.53. The van der Waals surface area contributed by atoms with Crippen LogP contribution in [0.2, 0.25) is 0 Å². The normalized spacial score (nSPS) is 16.4. The number of aliphatic imine (C=N–C) groups is 1. The molecule has 2 aromatic rings. The average molecular weight is 419 g/mol. The van der Waals surface area contributed by atoms with E-state index in [0.29, 0.717) is 42.1 Å². The van der Waals surface area contributed by atoms with Crippen molar-refractivity contribution in [2.24, 2.45) is 4.99 Å². The van der Waals surface area contributed by atoms with Crippen molar-refractivity contribution in [3.8, 4) is 5.75 Å². The zero-order chi connectivity index (χ0) is 22.0. The summed E-state index contributed by atoms with van der Waals surface area (Å²) in [4.78, 5) is 41.4. The minimum atomic E-state index is -1.02. The van der Waals surface area contributed by atoms with Crippen LogP contribution in [0.4, 0.5) is 11.4 Å². The molecule has 1 atom stereocenters. The molecule has 2 heterocycles. The van der Waals surface area contributed by atoms with E-state index in [1.807, 2.05) is 36.1 Å². The maximum Gasteiger partial charge on any atom is 0.307 e. The van der Waals surface area contributed by atoms with Gasteiger partial charge in [-0.3, -0.25) is 19.4 Å². The van der Waals surface area contributed by atoms with E-state index in [4.69, 9.17) is 4.74 Å². The lowest BCUT2D eigenvalue weighted by Gasteiger charge is -2.23. The second-order valence-corrected chi connectivity index (χ2v) is 7.20. The summed E-state index contributed by atoms with van der Waals surface area (Å²) in [7, 11) is 0. The maximum atomic E-state index is 12.8. The number of nitrogens with one attached hydrogen (secondary N) is 1. The molecule has 31 heavy (non-hydrogen) atoms. The van der Waals surface area contributed by atoms with E-state index in [0.717, 1.165) is 17.0 Å². The Bertz CT molecular complexity index is 1100. The van der Waals surface area contributed by atoms with Gasteiger partial charge in [-0.15, -0.1) is 0 Å². The molecular formula is C23H21N3O5. The smallest absolute Gasteiger partial charge is 0.307 e. The van der Waals surface area contributed by atoms with Crippen molar-refractivity contribution in [1.29, 1.82) is 0 Å². The summed E-state index contributed by atoms with van der Waals surface area (Å²) in [5.74, 6) is -1.11. The minimum Gasteiger partial charge on any atom is -0.494 e. The molecule has 1 unspecified atom stereocenters. The molecule has 2 aromatic carbocycles. The molecular weight excluding hydrogens is 398 g/mol. The Hall–Kier alpha value is -3.94. The summed E-state index contributed by atoms with van der Waals surface area (Å²) >= 11 is 0. The lowest BCUT2D eigenvalue weighted by atomic mass is 9.90. The van der Waals surface area contributed by atoms with Gasteiger partial charge in [0.15, 0.2) is 5.78 Å². The van der Waals surface area contributed by atoms with Crippen LogP contribution in [0.3, 0.4) is 0 Å². The van der Waals surface area contributed by atoms with Gasteiger partial charge in [0.25, 0.3) is 0 Å². The van der Waals surface area contributed by atoms with Crippen LogP contribution in [0.15, 0.2) is 53.3 Å². The summed E-state index contributed by atoms with van der Waals surface area (Å²) in [6, 6.07) is 11.2. The molecule has 8 nitrogen and oxygen atoms in total. The highest BCUT2D eigenvalue weighted by atomic mass is 16.5. The molecule has 1 amide bonds. The minimum absolute atomic E-state index is 0.214. The van der Waals surface area contributed by atoms with Gasteiger partial charge in [0.05, 0.1) is 36.5 Å². The van der Waals surface area contributed by atoms with E-state index in [-0.39, 0.29) is 12.2 Å². The van der Waals surface area contributed by atoms with Gasteiger partial charge in [0.2, 0.25) is 6.41 Å². The third kappa shape index (κ3) is 3.79. The summed E-state index contributed by atoms with van der Waals surface area (Å²) in [5.41, 5.74) is 3.83. The molecule has 0 saturated carbocycles. The summed E-state index contributed by atoms with van der Waals surface area (Å²) in [6.07, 6.45) is 3.13. The van der Waals surface area contributed by atoms with Crippen LogP contribution in [-0.4, -0.2) is 36.1 Å². The Morgan fingerprint density at radius 2 is 2.03 bits per heavy atom. The second-order valence-electron chi connectivity index (χ2n) is 7.20. The molecule has 8 heteroatoms. The number of Topliss-reactive ketones (excluding diaryl/α,β-unsaturated/α-hetero) is 1. The van der Waals surface area contributed by atoms with Crippen LogP contribution in [0.5, 0.6) is 5.75 Å². The van der Waals surface area contributed by atoms with Gasteiger partial charge in [-0.25, -0.2) is 0 Å². The van der Waals surface area contributed by atoms with Gasteiger partial charge < -0.3 is 20.1 Å². The maximum absolute atomic E-state index is 12.8. The van der Waals surface area contributed by atoms with E-state index in [1.54, 1.807) is 18.3 Å². The van der Waals surface area contributed by atoms with Crippen molar-refractivity contribution >= 4 is 35.8 Å². The number of anilines is 2. The third-order valence-electron chi connectivity index (χ3n) is 5.31. The molecule has 4 rings (SSSR count). The van der Waals surface area contributed by atoms with Gasteiger partial charge in [-0.2, -0.15) is 0 Å². The van der Waals surface area contributed by atoms with Gasteiger partial charge >= 0.3 is 5.97 Å². The Morgan fingerprint density at radius 1 is 1.26 bits per heavy atom. The molecule has 2 aliphatic heterocycles. The third-order valence-corrected chi connectivity index (χ3v) is 5.31. The van der Waals surface area contributed by atoms with Crippen molar-refractivity contribution in [3.63, 3.8) is 0 Å². The zero-order valence-corrected chi connectivity index (χ0v) is 16.9. The first-order valence-electron chi connectivity index (χ1n) is 9.87. The molecule has 0 fully saturated rings. The summed E-state index contributed by atoms with van der Waals surface area (Å²) < 4.78 is 5.50. The van der Waals surface area contributed by atoms with E-state index < -0.39 is 11.9 Å². The first kappa shape index (κ1) is 20.3. The number of ketones is 1. The first-order valence-corrected chi connectivity index (χ1v) is 9.87. The van der Waals surface area contributed by atoms with E-state index >= 15 is 0 Å².